The molecule has 0 bridgehead atoms. The molecule has 2 aromatic heterocycles. The highest BCUT2D eigenvalue weighted by Gasteiger charge is 2.52. The van der Waals surface area contributed by atoms with Gasteiger partial charge in [0.1, 0.15) is 5.54 Å². The van der Waals surface area contributed by atoms with E-state index in [1.165, 1.54) is 11.8 Å². The van der Waals surface area contributed by atoms with E-state index in [2.05, 4.69) is 25.9 Å². The summed E-state index contributed by atoms with van der Waals surface area (Å²) in [6.45, 7) is 1.82. The topological polar surface area (TPSA) is 122 Å². The average Bonchev–Trinajstić information content (AvgIpc) is 3.58. The molecule has 1 saturated carbocycles. The fourth-order valence-corrected chi connectivity index (χ4v) is 4.85. The number of urea groups is 1. The molecular formula is C23H23N7O3S. The lowest BCUT2D eigenvalue weighted by Gasteiger charge is -2.25. The predicted molar refractivity (Wildman–Crippen MR) is 124 cm³/mol. The number of benzene rings is 1. The lowest BCUT2D eigenvalue weighted by atomic mass is 9.87. The predicted octanol–water partition coefficient (Wildman–Crippen LogP) is 2.66. The van der Waals surface area contributed by atoms with E-state index in [-0.39, 0.29) is 11.8 Å². The molecule has 2 N–H and O–H groups in total. The maximum atomic E-state index is 13.2. The molecule has 1 saturated heterocycles. The minimum Gasteiger partial charge on any atom is -0.318 e. The van der Waals surface area contributed by atoms with Crippen LogP contribution in [0.15, 0.2) is 60.0 Å². The van der Waals surface area contributed by atoms with Crippen LogP contribution in [0.4, 0.5) is 4.79 Å². The summed E-state index contributed by atoms with van der Waals surface area (Å²) in [7, 11) is 0. The van der Waals surface area contributed by atoms with Crippen molar-refractivity contribution in [1.29, 1.82) is 0 Å². The Kier molecular flexibility index (Phi) is 5.78. The molecule has 1 aliphatic heterocycles. The second kappa shape index (κ2) is 8.90. The van der Waals surface area contributed by atoms with Crippen molar-refractivity contribution >= 4 is 29.6 Å². The Morgan fingerprint density at radius 3 is 2.65 bits per heavy atom. The number of imide groups is 1. The van der Waals surface area contributed by atoms with Crippen molar-refractivity contribution in [1.82, 2.24) is 35.5 Å². The van der Waals surface area contributed by atoms with Crippen LogP contribution >= 0.6 is 11.8 Å². The quantitative estimate of drug-likeness (QED) is 0.378. The highest BCUT2D eigenvalue weighted by Crippen LogP contribution is 2.41. The highest BCUT2D eigenvalue weighted by molar-refractivity contribution is 7.99. The van der Waals surface area contributed by atoms with Gasteiger partial charge in [-0.05, 0) is 37.0 Å². The number of nitrogens with zero attached hydrogens (tertiary/aromatic N) is 5. The number of thioether (sulfide) groups is 1. The van der Waals surface area contributed by atoms with Gasteiger partial charge in [0, 0.05) is 24.0 Å². The van der Waals surface area contributed by atoms with Crippen molar-refractivity contribution in [2.75, 3.05) is 5.75 Å². The monoisotopic (exact) mass is 477 g/mol. The summed E-state index contributed by atoms with van der Waals surface area (Å²) in [5.41, 5.74) is 2.77. The Hall–Kier alpha value is -3.73. The molecular weight excluding hydrogens is 454 g/mol. The summed E-state index contributed by atoms with van der Waals surface area (Å²) in [5.74, 6) is -0.311. The summed E-state index contributed by atoms with van der Waals surface area (Å²) < 4.78 is 2.03. The molecule has 3 aromatic rings. The van der Waals surface area contributed by atoms with Crippen molar-refractivity contribution in [2.24, 2.45) is 0 Å². The Morgan fingerprint density at radius 2 is 1.97 bits per heavy atom. The van der Waals surface area contributed by atoms with Crippen molar-refractivity contribution < 1.29 is 14.4 Å². The van der Waals surface area contributed by atoms with Crippen LogP contribution in [0.2, 0.25) is 0 Å². The number of hydrazine groups is 1. The van der Waals surface area contributed by atoms with Crippen LogP contribution < -0.4 is 10.7 Å². The van der Waals surface area contributed by atoms with E-state index in [9.17, 15) is 14.4 Å². The van der Waals surface area contributed by atoms with Crippen LogP contribution in [-0.4, -0.2) is 48.4 Å². The smallest absolute Gasteiger partial charge is 0.318 e. The van der Waals surface area contributed by atoms with E-state index >= 15 is 0 Å². The van der Waals surface area contributed by atoms with Gasteiger partial charge in [-0.3, -0.25) is 24.6 Å². The first-order valence-electron chi connectivity index (χ1n) is 11.0. The molecule has 10 nitrogen and oxygen atoms in total. The van der Waals surface area contributed by atoms with Gasteiger partial charge in [-0.1, -0.05) is 49.0 Å². The number of hydrogen-bond donors (Lipinski definition) is 2. The number of nitrogens with one attached hydrogen (secondary N) is 2. The molecule has 2 aliphatic rings. The molecule has 2 fully saturated rings. The number of aromatic nitrogens is 4. The molecule has 1 unspecified atom stereocenters. The lowest BCUT2D eigenvalue weighted by molar-refractivity contribution is -0.138. The molecule has 34 heavy (non-hydrogen) atoms. The minimum absolute atomic E-state index is 0.0284. The molecule has 0 radical (unpaired) electrons. The molecule has 1 aliphatic carbocycles. The first kappa shape index (κ1) is 22.1. The summed E-state index contributed by atoms with van der Waals surface area (Å²) in [6.07, 6.45) is 5.82. The first-order chi connectivity index (χ1) is 16.5. The summed E-state index contributed by atoms with van der Waals surface area (Å²) in [6, 6.07) is 12.4. The van der Waals surface area contributed by atoms with Crippen LogP contribution in [0.5, 0.6) is 0 Å². The molecule has 0 spiro atoms. The van der Waals surface area contributed by atoms with E-state index in [4.69, 9.17) is 0 Å². The Morgan fingerprint density at radius 1 is 1.18 bits per heavy atom. The SMILES string of the molecule is CCC1(c2ccccc2)NC(=O)N(NC(=O)CSc2nnc(-c3cccnc3)n2C2CC2)C1=O. The number of carbonyl (C=O) groups is 3. The number of pyridine rings is 1. The molecule has 5 rings (SSSR count). The zero-order valence-corrected chi connectivity index (χ0v) is 19.3. The van der Waals surface area contributed by atoms with Gasteiger partial charge in [-0.15, -0.1) is 10.2 Å². The van der Waals surface area contributed by atoms with Crippen molar-refractivity contribution in [3.8, 4) is 11.4 Å². The molecule has 3 heterocycles. The fraction of sp³-hybridized carbons (Fsp3) is 0.304. The Balaban J connectivity index is 1.28. The Labute approximate surface area is 200 Å². The zero-order chi connectivity index (χ0) is 23.7. The van der Waals surface area contributed by atoms with E-state index in [0.717, 1.165) is 23.4 Å². The number of carbonyl (C=O) groups excluding carboxylic acids is 3. The van der Waals surface area contributed by atoms with E-state index < -0.39 is 23.4 Å². The van der Waals surface area contributed by atoms with Crippen LogP contribution in [0, 0.1) is 0 Å². The third-order valence-electron chi connectivity index (χ3n) is 5.95. The molecule has 174 valence electrons. The molecule has 11 heteroatoms. The largest absolute Gasteiger partial charge is 0.344 e. The van der Waals surface area contributed by atoms with Gasteiger partial charge in [0.25, 0.3) is 5.91 Å². The average molecular weight is 478 g/mol. The van der Waals surface area contributed by atoms with Crippen molar-refractivity contribution in [2.45, 2.75) is 42.9 Å². The first-order valence-corrected chi connectivity index (χ1v) is 12.0. The van der Waals surface area contributed by atoms with Crippen LogP contribution in [0.25, 0.3) is 11.4 Å². The maximum absolute atomic E-state index is 13.2. The van der Waals surface area contributed by atoms with Crippen molar-refractivity contribution in [3.63, 3.8) is 0 Å². The second-order valence-corrected chi connectivity index (χ2v) is 9.11. The van der Waals surface area contributed by atoms with Gasteiger partial charge >= 0.3 is 6.03 Å². The fourth-order valence-electron chi connectivity index (χ4n) is 4.05. The van der Waals surface area contributed by atoms with Crippen LogP contribution in [0.1, 0.15) is 37.8 Å². The standard InChI is InChI=1S/C23H23N7O3S/c1-2-23(16-8-4-3-5-9-16)20(32)30(21(33)25-23)28-18(31)14-34-22-27-26-19(29(22)17-10-11-17)15-7-6-12-24-13-15/h3-9,12-13,17H,2,10-11,14H2,1H3,(H,25,33)(H,28,31). The number of hydrogen-bond acceptors (Lipinski definition) is 7. The van der Waals surface area contributed by atoms with Crippen LogP contribution in [-0.2, 0) is 15.1 Å². The molecule has 1 atom stereocenters. The van der Waals surface area contributed by atoms with Gasteiger partial charge < -0.3 is 5.32 Å². The third-order valence-corrected chi connectivity index (χ3v) is 6.90. The second-order valence-electron chi connectivity index (χ2n) is 8.17. The third kappa shape index (κ3) is 3.92. The van der Waals surface area contributed by atoms with Crippen LogP contribution in [0.3, 0.4) is 0 Å². The summed E-state index contributed by atoms with van der Waals surface area (Å²) in [5, 5.41) is 12.7. The summed E-state index contributed by atoms with van der Waals surface area (Å²) >= 11 is 1.21. The van der Waals surface area contributed by atoms with Gasteiger partial charge in [0.15, 0.2) is 11.0 Å². The number of rotatable bonds is 8. The lowest BCUT2D eigenvalue weighted by Crippen LogP contribution is -2.49. The minimum atomic E-state index is -1.20. The van der Waals surface area contributed by atoms with E-state index in [1.807, 2.05) is 29.7 Å². The van der Waals surface area contributed by atoms with E-state index in [1.54, 1.807) is 36.7 Å². The van der Waals surface area contributed by atoms with E-state index in [0.29, 0.717) is 23.0 Å². The zero-order valence-electron chi connectivity index (χ0n) is 18.5. The molecule has 1 aromatic carbocycles. The van der Waals surface area contributed by atoms with Gasteiger partial charge in [-0.25, -0.2) is 4.79 Å². The highest BCUT2D eigenvalue weighted by atomic mass is 32.2. The molecule has 4 amide bonds. The Bertz CT molecular complexity index is 1230. The van der Waals surface area contributed by atoms with Gasteiger partial charge in [0.2, 0.25) is 5.91 Å². The van der Waals surface area contributed by atoms with Gasteiger partial charge in [-0.2, -0.15) is 5.01 Å². The van der Waals surface area contributed by atoms with Crippen molar-refractivity contribution in [3.05, 3.63) is 60.4 Å². The van der Waals surface area contributed by atoms with Gasteiger partial charge in [0.05, 0.1) is 5.75 Å². The normalized spacial score (nSPS) is 19.9. The maximum Gasteiger partial charge on any atom is 0.344 e. The summed E-state index contributed by atoms with van der Waals surface area (Å²) in [4.78, 5) is 42.6. The number of amides is 4.